The second-order valence-corrected chi connectivity index (χ2v) is 5.82. The summed E-state index contributed by atoms with van der Waals surface area (Å²) in [6.45, 7) is 1.99. The van der Waals surface area contributed by atoms with Gasteiger partial charge in [-0.15, -0.1) is 0 Å². The molecular weight excluding hydrogens is 236 g/mol. The second kappa shape index (κ2) is 3.83. The normalized spacial score (nSPS) is 18.8. The first-order valence-corrected chi connectivity index (χ1v) is 7.03. The smallest absolute Gasteiger partial charge is 0.126 e. The number of rotatable bonds is 3. The van der Waals surface area contributed by atoms with Gasteiger partial charge < -0.3 is 10.3 Å². The van der Waals surface area contributed by atoms with E-state index < -0.39 is 0 Å². The molecule has 2 aliphatic rings. The van der Waals surface area contributed by atoms with Gasteiger partial charge in [0.15, 0.2) is 0 Å². The van der Waals surface area contributed by atoms with E-state index >= 15 is 0 Å². The minimum atomic E-state index is 0.604. The van der Waals surface area contributed by atoms with E-state index in [1.165, 1.54) is 31.5 Å². The van der Waals surface area contributed by atoms with E-state index in [1.54, 1.807) is 0 Å². The molecular formula is C15H18N4. The number of hydrogen-bond donors (Lipinski definition) is 1. The fraction of sp³-hybridized carbons (Fsp3) is 0.467. The van der Waals surface area contributed by atoms with Crippen LogP contribution in [0.5, 0.6) is 0 Å². The number of anilines is 1. The highest BCUT2D eigenvalue weighted by atomic mass is 15.1. The third-order valence-corrected chi connectivity index (χ3v) is 4.06. The van der Waals surface area contributed by atoms with Crippen LogP contribution in [-0.2, 0) is 0 Å². The number of aromatic nitrogens is 3. The number of nitrogens with two attached hydrogens (primary N) is 1. The highest BCUT2D eigenvalue weighted by Gasteiger charge is 2.34. The molecule has 0 aromatic carbocycles. The van der Waals surface area contributed by atoms with Crippen LogP contribution in [0.15, 0.2) is 18.5 Å². The van der Waals surface area contributed by atoms with Crippen LogP contribution in [0, 0.1) is 6.92 Å². The van der Waals surface area contributed by atoms with Gasteiger partial charge >= 0.3 is 0 Å². The zero-order chi connectivity index (χ0) is 13.0. The topological polar surface area (TPSA) is 56.7 Å². The van der Waals surface area contributed by atoms with Crippen LogP contribution in [0.25, 0.3) is 11.3 Å². The lowest BCUT2D eigenvalue weighted by Gasteiger charge is -2.02. The van der Waals surface area contributed by atoms with Crippen molar-refractivity contribution >= 4 is 5.82 Å². The van der Waals surface area contributed by atoms with Crippen molar-refractivity contribution in [2.75, 3.05) is 5.73 Å². The third kappa shape index (κ3) is 1.91. The minimum absolute atomic E-state index is 0.604. The molecule has 4 rings (SSSR count). The van der Waals surface area contributed by atoms with Gasteiger partial charge in [-0.25, -0.2) is 9.97 Å². The van der Waals surface area contributed by atoms with Gasteiger partial charge in [0.05, 0.1) is 5.69 Å². The van der Waals surface area contributed by atoms with Crippen LogP contribution in [0.4, 0.5) is 5.82 Å². The third-order valence-electron chi connectivity index (χ3n) is 4.06. The van der Waals surface area contributed by atoms with Gasteiger partial charge in [0, 0.05) is 29.9 Å². The van der Waals surface area contributed by atoms with Crippen molar-refractivity contribution in [2.45, 2.75) is 44.6 Å². The van der Waals surface area contributed by atoms with Crippen molar-refractivity contribution in [1.82, 2.24) is 14.5 Å². The van der Waals surface area contributed by atoms with E-state index in [9.17, 15) is 0 Å². The summed E-state index contributed by atoms with van der Waals surface area (Å²) in [5, 5.41) is 0. The van der Waals surface area contributed by atoms with Gasteiger partial charge in [0.2, 0.25) is 0 Å². The van der Waals surface area contributed by atoms with Crippen molar-refractivity contribution < 1.29 is 0 Å². The maximum absolute atomic E-state index is 5.78. The molecule has 2 saturated carbocycles. The van der Waals surface area contributed by atoms with Crippen LogP contribution in [0.2, 0.25) is 0 Å². The SMILES string of the molecule is Cc1cc(-c2cn(C3CC3)c(C3CC3)n2)cnc1N. The van der Waals surface area contributed by atoms with Crippen molar-refractivity contribution in [3.05, 3.63) is 29.8 Å². The van der Waals surface area contributed by atoms with E-state index in [0.717, 1.165) is 16.8 Å². The molecule has 0 bridgehead atoms. The van der Waals surface area contributed by atoms with Crippen molar-refractivity contribution in [3.8, 4) is 11.3 Å². The quantitative estimate of drug-likeness (QED) is 0.915. The lowest BCUT2D eigenvalue weighted by atomic mass is 10.1. The lowest BCUT2D eigenvalue weighted by Crippen LogP contribution is -1.98. The summed E-state index contributed by atoms with van der Waals surface area (Å²) < 4.78 is 2.40. The molecule has 0 radical (unpaired) electrons. The average molecular weight is 254 g/mol. The maximum Gasteiger partial charge on any atom is 0.126 e. The molecule has 0 aliphatic heterocycles. The highest BCUT2D eigenvalue weighted by Crippen LogP contribution is 2.45. The fourth-order valence-electron chi connectivity index (χ4n) is 2.56. The first kappa shape index (κ1) is 11.0. The monoisotopic (exact) mass is 254 g/mol. The molecule has 2 aromatic heterocycles. The molecule has 2 aromatic rings. The molecule has 2 fully saturated rings. The second-order valence-electron chi connectivity index (χ2n) is 5.82. The van der Waals surface area contributed by atoms with Gasteiger partial charge in [-0.05, 0) is 44.2 Å². The molecule has 0 amide bonds. The Labute approximate surface area is 112 Å². The molecule has 2 aliphatic carbocycles. The first-order valence-electron chi connectivity index (χ1n) is 7.03. The zero-order valence-corrected chi connectivity index (χ0v) is 11.1. The molecule has 2 N–H and O–H groups in total. The van der Waals surface area contributed by atoms with E-state index in [0.29, 0.717) is 17.8 Å². The summed E-state index contributed by atoms with van der Waals surface area (Å²) in [6.07, 6.45) is 9.23. The van der Waals surface area contributed by atoms with Gasteiger partial charge in [0.25, 0.3) is 0 Å². The van der Waals surface area contributed by atoms with Crippen LogP contribution in [-0.4, -0.2) is 14.5 Å². The summed E-state index contributed by atoms with van der Waals surface area (Å²) in [5.41, 5.74) is 8.92. The van der Waals surface area contributed by atoms with Gasteiger partial charge in [-0.3, -0.25) is 0 Å². The standard InChI is InChI=1S/C15H18N4/c1-9-6-11(7-17-14(9)16)13-8-19(12-4-5-12)15(18-13)10-2-3-10/h6-8,10,12H,2-5H2,1H3,(H2,16,17). The summed E-state index contributed by atoms with van der Waals surface area (Å²) in [6, 6.07) is 2.78. The predicted octanol–water partition coefficient (Wildman–Crippen LogP) is 3.05. The molecule has 0 spiro atoms. The first-order chi connectivity index (χ1) is 9.22. The molecule has 2 heterocycles. The number of nitrogens with zero attached hydrogens (tertiary/aromatic N) is 3. The average Bonchev–Trinajstić information content (AvgIpc) is 3.31. The predicted molar refractivity (Wildman–Crippen MR) is 74.9 cm³/mol. The summed E-state index contributed by atoms with van der Waals surface area (Å²) in [4.78, 5) is 9.10. The largest absolute Gasteiger partial charge is 0.383 e. The Morgan fingerprint density at radius 2 is 2.05 bits per heavy atom. The molecule has 98 valence electrons. The van der Waals surface area contributed by atoms with Crippen molar-refractivity contribution in [1.29, 1.82) is 0 Å². The lowest BCUT2D eigenvalue weighted by molar-refractivity contribution is 0.683. The van der Waals surface area contributed by atoms with Crippen LogP contribution in [0.3, 0.4) is 0 Å². The zero-order valence-electron chi connectivity index (χ0n) is 11.1. The van der Waals surface area contributed by atoms with Crippen LogP contribution >= 0.6 is 0 Å². The number of aryl methyl sites for hydroxylation is 1. The number of nitrogen functional groups attached to an aromatic ring is 1. The highest BCUT2D eigenvalue weighted by molar-refractivity contribution is 5.61. The molecule has 0 unspecified atom stereocenters. The van der Waals surface area contributed by atoms with Gasteiger partial charge in [-0.2, -0.15) is 0 Å². The Balaban J connectivity index is 1.77. The van der Waals surface area contributed by atoms with Crippen molar-refractivity contribution in [3.63, 3.8) is 0 Å². The van der Waals surface area contributed by atoms with E-state index in [1.807, 2.05) is 13.1 Å². The molecule has 4 heteroatoms. The van der Waals surface area contributed by atoms with Crippen LogP contribution < -0.4 is 5.73 Å². The minimum Gasteiger partial charge on any atom is -0.383 e. The van der Waals surface area contributed by atoms with Gasteiger partial charge in [0.1, 0.15) is 11.6 Å². The molecule has 0 saturated heterocycles. The summed E-state index contributed by atoms with van der Waals surface area (Å²) >= 11 is 0. The molecule has 0 atom stereocenters. The number of imidazole rings is 1. The van der Waals surface area contributed by atoms with Crippen molar-refractivity contribution in [2.24, 2.45) is 0 Å². The Morgan fingerprint density at radius 3 is 2.68 bits per heavy atom. The summed E-state index contributed by atoms with van der Waals surface area (Å²) in [7, 11) is 0. The molecule has 4 nitrogen and oxygen atoms in total. The Morgan fingerprint density at radius 1 is 1.26 bits per heavy atom. The Bertz CT molecular complexity index is 606. The maximum atomic E-state index is 5.78. The van der Waals surface area contributed by atoms with E-state index in [2.05, 4.69) is 21.8 Å². The number of hydrogen-bond acceptors (Lipinski definition) is 3. The van der Waals surface area contributed by atoms with Crippen LogP contribution in [0.1, 0.15) is 49.0 Å². The van der Waals surface area contributed by atoms with E-state index in [4.69, 9.17) is 10.7 Å². The summed E-state index contributed by atoms with van der Waals surface area (Å²) in [5.74, 6) is 2.58. The Kier molecular flexibility index (Phi) is 2.22. The fourth-order valence-corrected chi connectivity index (χ4v) is 2.56. The Hall–Kier alpha value is -1.84. The number of pyridine rings is 1. The van der Waals surface area contributed by atoms with E-state index in [-0.39, 0.29) is 0 Å². The molecule has 19 heavy (non-hydrogen) atoms. The van der Waals surface area contributed by atoms with Gasteiger partial charge in [-0.1, -0.05) is 0 Å².